The van der Waals surface area contributed by atoms with Crippen LogP contribution in [0.15, 0.2) is 36.5 Å². The van der Waals surface area contributed by atoms with Gasteiger partial charge in [-0.3, -0.25) is 4.79 Å². The van der Waals surface area contributed by atoms with Gasteiger partial charge in [-0.2, -0.15) is 0 Å². The molecule has 4 heteroatoms. The Balaban J connectivity index is 2.52. The van der Waals surface area contributed by atoms with Crippen LogP contribution >= 0.6 is 23.2 Å². The Labute approximate surface area is 118 Å². The molecule has 1 heterocycles. The minimum Gasteiger partial charge on any atom is -0.334 e. The number of carbonyl (C=O) groups excluding carboxylic acids is 1. The third-order valence-electron chi connectivity index (χ3n) is 3.65. The SMILES string of the molecule is C=C1C=CC=CC12CN(C(C)(C)C)C(=O)C2(Cl)Cl. The number of halogens is 2. The molecule has 0 radical (unpaired) electrons. The third-order valence-corrected chi connectivity index (χ3v) is 4.65. The molecule has 98 valence electrons. The van der Waals surface area contributed by atoms with E-state index in [0.29, 0.717) is 6.54 Å². The van der Waals surface area contributed by atoms with Crippen LogP contribution in [0.1, 0.15) is 20.8 Å². The van der Waals surface area contributed by atoms with E-state index in [9.17, 15) is 4.79 Å². The number of rotatable bonds is 0. The molecule has 0 aromatic carbocycles. The number of nitrogens with zero attached hydrogens (tertiary/aromatic N) is 1. The molecule has 1 amide bonds. The third kappa shape index (κ3) is 1.66. The van der Waals surface area contributed by atoms with E-state index in [-0.39, 0.29) is 11.4 Å². The number of amides is 1. The quantitative estimate of drug-likeness (QED) is 0.624. The van der Waals surface area contributed by atoms with Crippen molar-refractivity contribution in [2.45, 2.75) is 30.6 Å². The Kier molecular flexibility index (Phi) is 2.95. The molecule has 1 atom stereocenters. The molecular formula is C14H17Cl2NO. The van der Waals surface area contributed by atoms with Crippen LogP contribution in [0.2, 0.25) is 0 Å². The number of carbonyl (C=O) groups is 1. The Morgan fingerprint density at radius 3 is 2.39 bits per heavy atom. The average molecular weight is 286 g/mol. The fourth-order valence-corrected chi connectivity index (χ4v) is 3.12. The van der Waals surface area contributed by atoms with Gasteiger partial charge in [0.1, 0.15) is 0 Å². The normalized spacial score (nSPS) is 30.6. The van der Waals surface area contributed by atoms with Crippen molar-refractivity contribution < 1.29 is 4.79 Å². The molecule has 1 unspecified atom stereocenters. The highest BCUT2D eigenvalue weighted by Gasteiger charge is 2.64. The first kappa shape index (κ1) is 13.7. The lowest BCUT2D eigenvalue weighted by Gasteiger charge is -2.35. The second-order valence-electron chi connectivity index (χ2n) is 5.85. The van der Waals surface area contributed by atoms with Crippen molar-refractivity contribution in [3.63, 3.8) is 0 Å². The first-order chi connectivity index (χ1) is 8.13. The van der Waals surface area contributed by atoms with Crippen LogP contribution in [-0.4, -0.2) is 27.2 Å². The van der Waals surface area contributed by atoms with Gasteiger partial charge in [-0.05, 0) is 26.3 Å². The van der Waals surface area contributed by atoms with E-state index in [1.54, 1.807) is 4.90 Å². The van der Waals surface area contributed by atoms with Crippen molar-refractivity contribution in [2.75, 3.05) is 6.54 Å². The molecule has 0 aromatic heterocycles. The summed E-state index contributed by atoms with van der Waals surface area (Å²) < 4.78 is -1.49. The molecule has 2 rings (SSSR count). The van der Waals surface area contributed by atoms with Crippen LogP contribution in [-0.2, 0) is 4.79 Å². The van der Waals surface area contributed by atoms with Crippen molar-refractivity contribution in [3.8, 4) is 0 Å². The topological polar surface area (TPSA) is 20.3 Å². The zero-order chi connectivity index (χ0) is 13.8. The number of hydrogen-bond donors (Lipinski definition) is 0. The first-order valence-corrected chi connectivity index (χ1v) is 6.64. The van der Waals surface area contributed by atoms with Gasteiger partial charge in [0.05, 0.1) is 5.41 Å². The summed E-state index contributed by atoms with van der Waals surface area (Å²) in [6.45, 7) is 10.4. The molecule has 0 aromatic rings. The molecule has 0 saturated carbocycles. The lowest BCUT2D eigenvalue weighted by molar-refractivity contribution is -0.132. The summed E-state index contributed by atoms with van der Waals surface area (Å²) >= 11 is 12.8. The van der Waals surface area contributed by atoms with Crippen molar-refractivity contribution in [2.24, 2.45) is 5.41 Å². The summed E-state index contributed by atoms with van der Waals surface area (Å²) in [5, 5.41) is 0. The zero-order valence-electron chi connectivity index (χ0n) is 10.8. The Morgan fingerprint density at radius 1 is 1.33 bits per heavy atom. The molecular weight excluding hydrogens is 269 g/mol. The van der Waals surface area contributed by atoms with Gasteiger partial charge < -0.3 is 4.90 Å². The maximum absolute atomic E-state index is 12.5. The largest absolute Gasteiger partial charge is 0.334 e. The van der Waals surface area contributed by atoms with E-state index in [1.807, 2.05) is 45.1 Å². The zero-order valence-corrected chi connectivity index (χ0v) is 12.3. The van der Waals surface area contributed by atoms with Gasteiger partial charge in [-0.1, -0.05) is 54.1 Å². The van der Waals surface area contributed by atoms with Crippen LogP contribution in [0.4, 0.5) is 0 Å². The molecule has 1 spiro atoms. The standard InChI is InChI=1S/C14H17Cl2NO/c1-10-7-5-6-8-13(10)9-17(12(2,3)4)11(18)14(13,15)16/h5-8H,1,9H2,2-4H3. The number of allylic oxidation sites excluding steroid dienone is 3. The average Bonchev–Trinajstić information content (AvgIpc) is 2.44. The summed E-state index contributed by atoms with van der Waals surface area (Å²) in [6, 6.07) is 0. The van der Waals surface area contributed by atoms with Gasteiger partial charge >= 0.3 is 0 Å². The van der Waals surface area contributed by atoms with E-state index >= 15 is 0 Å². The maximum Gasteiger partial charge on any atom is 0.260 e. The molecule has 1 aliphatic heterocycles. The van der Waals surface area contributed by atoms with Crippen molar-refractivity contribution in [1.29, 1.82) is 0 Å². The lowest BCUT2D eigenvalue weighted by atomic mass is 9.76. The van der Waals surface area contributed by atoms with Crippen molar-refractivity contribution in [1.82, 2.24) is 4.90 Å². The minimum absolute atomic E-state index is 0.251. The predicted octanol–water partition coefficient (Wildman–Crippen LogP) is 3.47. The smallest absolute Gasteiger partial charge is 0.260 e. The molecule has 18 heavy (non-hydrogen) atoms. The Hall–Kier alpha value is -0.730. The van der Waals surface area contributed by atoms with Crippen LogP contribution in [0.25, 0.3) is 0 Å². The molecule has 1 saturated heterocycles. The van der Waals surface area contributed by atoms with E-state index in [1.165, 1.54) is 0 Å². The second kappa shape index (κ2) is 3.88. The summed E-state index contributed by atoms with van der Waals surface area (Å²) in [7, 11) is 0. The molecule has 1 fully saturated rings. The van der Waals surface area contributed by atoms with E-state index in [0.717, 1.165) is 5.57 Å². The molecule has 2 nitrogen and oxygen atoms in total. The molecule has 0 N–H and O–H groups in total. The first-order valence-electron chi connectivity index (χ1n) is 5.88. The van der Waals surface area contributed by atoms with Gasteiger partial charge in [0.15, 0.2) is 0 Å². The summed E-state index contributed by atoms with van der Waals surface area (Å²) in [4.78, 5) is 14.2. The Morgan fingerprint density at radius 2 is 1.94 bits per heavy atom. The monoisotopic (exact) mass is 285 g/mol. The highest BCUT2D eigenvalue weighted by atomic mass is 35.5. The summed E-state index contributed by atoms with van der Waals surface area (Å²) in [5.74, 6) is -0.251. The number of likely N-dealkylation sites (tertiary alicyclic amines) is 1. The van der Waals surface area contributed by atoms with Gasteiger partial charge in [0.25, 0.3) is 5.91 Å². The summed E-state index contributed by atoms with van der Waals surface area (Å²) in [5.41, 5.74) is -0.268. The molecule has 1 aliphatic carbocycles. The number of alkyl halides is 2. The second-order valence-corrected chi connectivity index (χ2v) is 7.18. The summed E-state index contributed by atoms with van der Waals surface area (Å²) in [6.07, 6.45) is 7.49. The van der Waals surface area contributed by atoms with E-state index < -0.39 is 9.75 Å². The lowest BCUT2D eigenvalue weighted by Crippen LogP contribution is -2.44. The van der Waals surface area contributed by atoms with Crippen LogP contribution in [0.5, 0.6) is 0 Å². The van der Waals surface area contributed by atoms with Gasteiger partial charge in [0.2, 0.25) is 4.33 Å². The fraction of sp³-hybridized carbons (Fsp3) is 0.500. The highest BCUT2D eigenvalue weighted by Crippen LogP contribution is 2.55. The minimum atomic E-state index is -1.49. The Bertz CT molecular complexity index is 471. The number of hydrogen-bond acceptors (Lipinski definition) is 1. The molecule has 0 bridgehead atoms. The van der Waals surface area contributed by atoms with Gasteiger partial charge in [-0.25, -0.2) is 0 Å². The van der Waals surface area contributed by atoms with Crippen molar-refractivity contribution in [3.05, 3.63) is 36.5 Å². The van der Waals surface area contributed by atoms with Crippen LogP contribution < -0.4 is 0 Å². The van der Waals surface area contributed by atoms with Gasteiger partial charge in [0, 0.05) is 12.1 Å². The van der Waals surface area contributed by atoms with Crippen LogP contribution in [0.3, 0.4) is 0 Å². The fourth-order valence-electron chi connectivity index (χ4n) is 2.43. The van der Waals surface area contributed by atoms with E-state index in [4.69, 9.17) is 23.2 Å². The van der Waals surface area contributed by atoms with Crippen LogP contribution in [0, 0.1) is 5.41 Å². The van der Waals surface area contributed by atoms with E-state index in [2.05, 4.69) is 6.58 Å². The van der Waals surface area contributed by atoms with Gasteiger partial charge in [-0.15, -0.1) is 0 Å². The predicted molar refractivity (Wildman–Crippen MR) is 75.8 cm³/mol. The van der Waals surface area contributed by atoms with Crippen molar-refractivity contribution >= 4 is 29.1 Å². The maximum atomic E-state index is 12.5. The highest BCUT2D eigenvalue weighted by molar-refractivity contribution is 6.59. The molecule has 2 aliphatic rings.